The van der Waals surface area contributed by atoms with E-state index in [1.54, 1.807) is 11.8 Å². The zero-order chi connectivity index (χ0) is 20.4. The predicted molar refractivity (Wildman–Crippen MR) is 116 cm³/mol. The number of hydrogen-bond acceptors (Lipinski definition) is 4. The summed E-state index contributed by atoms with van der Waals surface area (Å²) in [5.41, 5.74) is 5.47. The van der Waals surface area contributed by atoms with Crippen LogP contribution in [-0.4, -0.2) is 22.4 Å². The summed E-state index contributed by atoms with van der Waals surface area (Å²) in [6.07, 6.45) is 0.773. The summed E-state index contributed by atoms with van der Waals surface area (Å²) in [5.74, 6) is -0.278. The van der Waals surface area contributed by atoms with Crippen molar-refractivity contribution in [1.82, 2.24) is 0 Å². The maximum absolute atomic E-state index is 12.7. The fourth-order valence-electron chi connectivity index (χ4n) is 3.91. The van der Waals surface area contributed by atoms with Gasteiger partial charge in [0.05, 0.1) is 0 Å². The number of aliphatic hydroxyl groups is 1. The van der Waals surface area contributed by atoms with Crippen molar-refractivity contribution >= 4 is 23.3 Å². The van der Waals surface area contributed by atoms with Crippen LogP contribution in [0.4, 0.5) is 0 Å². The lowest BCUT2D eigenvalue weighted by Gasteiger charge is -2.27. The first-order valence-corrected chi connectivity index (χ1v) is 10.6. The van der Waals surface area contributed by atoms with Crippen LogP contribution < -0.4 is 0 Å². The summed E-state index contributed by atoms with van der Waals surface area (Å²) in [5, 5.41) is 11.0. The van der Waals surface area contributed by atoms with Gasteiger partial charge in [-0.25, -0.2) is 4.79 Å². The van der Waals surface area contributed by atoms with Crippen LogP contribution in [0.15, 0.2) is 47.1 Å². The number of esters is 1. The minimum atomic E-state index is -0.420. The second kappa shape index (κ2) is 8.44. The van der Waals surface area contributed by atoms with Gasteiger partial charge in [0.2, 0.25) is 0 Å². The number of thioether (sulfide) groups is 1. The highest BCUT2D eigenvalue weighted by atomic mass is 32.2. The molecule has 0 fully saturated rings. The molecule has 1 N–H and O–H groups in total. The summed E-state index contributed by atoms with van der Waals surface area (Å²) >= 11 is 1.76. The van der Waals surface area contributed by atoms with Gasteiger partial charge >= 0.3 is 5.97 Å². The normalized spacial score (nSPS) is 18.2. The molecule has 1 aliphatic heterocycles. The van der Waals surface area contributed by atoms with Crippen molar-refractivity contribution in [2.24, 2.45) is 0 Å². The van der Waals surface area contributed by atoms with E-state index >= 15 is 0 Å². The summed E-state index contributed by atoms with van der Waals surface area (Å²) in [6.45, 7) is 10.2. The Morgan fingerprint density at radius 2 is 1.68 bits per heavy atom. The molecule has 1 aliphatic rings. The molecule has 3 rings (SSSR count). The van der Waals surface area contributed by atoms with E-state index in [4.69, 9.17) is 4.74 Å². The smallest absolute Gasteiger partial charge is 0.342 e. The van der Waals surface area contributed by atoms with Gasteiger partial charge in [0.25, 0.3) is 0 Å². The van der Waals surface area contributed by atoms with Crippen LogP contribution in [-0.2, 0) is 9.53 Å². The van der Waals surface area contributed by atoms with Crippen LogP contribution in [0.5, 0.6) is 0 Å². The van der Waals surface area contributed by atoms with Crippen molar-refractivity contribution in [3.05, 3.63) is 70.0 Å². The van der Waals surface area contributed by atoms with Crippen LogP contribution >= 0.6 is 11.8 Å². The molecule has 0 aliphatic carbocycles. The zero-order valence-electron chi connectivity index (χ0n) is 17.2. The fourth-order valence-corrected chi connectivity index (χ4v) is 4.98. The Bertz CT molecular complexity index is 889. The van der Waals surface area contributed by atoms with E-state index in [1.807, 2.05) is 32.9 Å². The average Bonchev–Trinajstić information content (AvgIpc) is 2.58. The summed E-state index contributed by atoms with van der Waals surface area (Å²) in [6, 6.07) is 12.5. The maximum atomic E-state index is 12.7. The van der Waals surface area contributed by atoms with Gasteiger partial charge in [0.1, 0.15) is 17.4 Å². The van der Waals surface area contributed by atoms with E-state index in [0.717, 1.165) is 22.3 Å². The van der Waals surface area contributed by atoms with Gasteiger partial charge in [-0.1, -0.05) is 42.3 Å². The van der Waals surface area contributed by atoms with Crippen molar-refractivity contribution in [2.45, 2.75) is 63.7 Å². The molecule has 3 nitrogen and oxygen atoms in total. The van der Waals surface area contributed by atoms with Crippen LogP contribution in [0.2, 0.25) is 0 Å². The summed E-state index contributed by atoms with van der Waals surface area (Å²) in [4.78, 5) is 13.9. The molecule has 2 unspecified atom stereocenters. The third-order valence-electron chi connectivity index (χ3n) is 5.07. The third kappa shape index (κ3) is 4.61. The number of ether oxygens (including phenoxy) is 1. The van der Waals surface area contributed by atoms with Gasteiger partial charge in [-0.05, 0) is 62.9 Å². The quantitative estimate of drug-likeness (QED) is 0.492. The first kappa shape index (κ1) is 20.5. The number of hydrogen-bond donors (Lipinski definition) is 1. The number of benzene rings is 2. The van der Waals surface area contributed by atoms with Crippen molar-refractivity contribution in [1.29, 1.82) is 0 Å². The van der Waals surface area contributed by atoms with Gasteiger partial charge in [0.15, 0.2) is 0 Å². The summed E-state index contributed by atoms with van der Waals surface area (Å²) < 4.78 is 5.72. The van der Waals surface area contributed by atoms with Gasteiger partial charge in [-0.15, -0.1) is 11.8 Å². The van der Waals surface area contributed by atoms with E-state index in [0.29, 0.717) is 18.4 Å². The van der Waals surface area contributed by atoms with Gasteiger partial charge in [0, 0.05) is 16.6 Å². The molecular weight excluding hydrogens is 368 g/mol. The van der Waals surface area contributed by atoms with E-state index < -0.39 is 5.97 Å². The molecule has 0 spiro atoms. The molecule has 4 heteroatoms. The maximum Gasteiger partial charge on any atom is 0.342 e. The first-order valence-electron chi connectivity index (χ1n) is 9.69. The first-order chi connectivity index (χ1) is 13.2. The number of carbonyl (C=O) groups is 1. The molecule has 1 heterocycles. The minimum absolute atomic E-state index is 0.142. The van der Waals surface area contributed by atoms with E-state index in [-0.39, 0.29) is 17.1 Å². The number of aryl methyl sites for hydroxylation is 4. The van der Waals surface area contributed by atoms with Crippen molar-refractivity contribution < 1.29 is 14.6 Å². The molecule has 2 aromatic rings. The molecule has 148 valence electrons. The minimum Gasteiger partial charge on any atom is -0.511 e. The molecule has 28 heavy (non-hydrogen) atoms. The van der Waals surface area contributed by atoms with Gasteiger partial charge in [-0.3, -0.25) is 0 Å². The lowest BCUT2D eigenvalue weighted by Crippen LogP contribution is -2.28. The lowest BCUT2D eigenvalue weighted by atomic mass is 9.90. The molecule has 0 radical (unpaired) electrons. The average molecular weight is 397 g/mol. The molecule has 0 bridgehead atoms. The zero-order valence-corrected chi connectivity index (χ0v) is 18.0. The monoisotopic (exact) mass is 396 g/mol. The Balaban J connectivity index is 1.74. The molecule has 0 aromatic heterocycles. The largest absolute Gasteiger partial charge is 0.511 e. The highest BCUT2D eigenvalue weighted by Gasteiger charge is 2.32. The Labute approximate surface area is 171 Å². The Morgan fingerprint density at radius 1 is 1.07 bits per heavy atom. The highest BCUT2D eigenvalue weighted by Crippen LogP contribution is 2.35. The SMILES string of the molecule is Cc1ccc(SC(C)CC2CC(O)=C(c3c(C)cc(C)cc3C)C(=O)O2)cc1. The van der Waals surface area contributed by atoms with E-state index in [9.17, 15) is 9.90 Å². The Hall–Kier alpha value is -2.20. The standard InChI is InChI=1S/C24H28O3S/c1-14-6-8-20(9-7-14)28-18(5)12-19-13-21(25)23(24(26)27-19)22-16(3)10-15(2)11-17(22)4/h6-11,18-19,25H,12-13H2,1-5H3. The Kier molecular flexibility index (Phi) is 6.19. The van der Waals surface area contributed by atoms with Crippen LogP contribution in [0.3, 0.4) is 0 Å². The number of cyclic esters (lactones) is 1. The molecule has 0 amide bonds. The molecule has 2 atom stereocenters. The van der Waals surface area contributed by atoms with Crippen LogP contribution in [0.25, 0.3) is 5.57 Å². The van der Waals surface area contributed by atoms with Crippen LogP contribution in [0.1, 0.15) is 47.6 Å². The second-order valence-electron chi connectivity index (χ2n) is 7.80. The highest BCUT2D eigenvalue weighted by molar-refractivity contribution is 7.99. The fraction of sp³-hybridized carbons (Fsp3) is 0.375. The topological polar surface area (TPSA) is 46.5 Å². The molecule has 0 saturated heterocycles. The second-order valence-corrected chi connectivity index (χ2v) is 9.32. The molecular formula is C24H28O3S. The number of aliphatic hydroxyl groups excluding tert-OH is 1. The molecule has 2 aromatic carbocycles. The molecule has 0 saturated carbocycles. The van der Waals surface area contributed by atoms with E-state index in [2.05, 4.69) is 38.1 Å². The number of rotatable bonds is 5. The van der Waals surface area contributed by atoms with E-state index in [1.165, 1.54) is 10.5 Å². The predicted octanol–water partition coefficient (Wildman–Crippen LogP) is 6.08. The number of carbonyl (C=O) groups excluding carboxylic acids is 1. The van der Waals surface area contributed by atoms with Crippen LogP contribution in [0, 0.1) is 27.7 Å². The van der Waals surface area contributed by atoms with Crippen molar-refractivity contribution in [2.75, 3.05) is 0 Å². The Morgan fingerprint density at radius 3 is 2.25 bits per heavy atom. The van der Waals surface area contributed by atoms with Crippen molar-refractivity contribution in [3.63, 3.8) is 0 Å². The van der Waals surface area contributed by atoms with Crippen molar-refractivity contribution in [3.8, 4) is 0 Å². The third-order valence-corrected chi connectivity index (χ3v) is 6.21. The van der Waals surface area contributed by atoms with Gasteiger partial charge < -0.3 is 9.84 Å². The van der Waals surface area contributed by atoms with Gasteiger partial charge in [-0.2, -0.15) is 0 Å². The summed E-state index contributed by atoms with van der Waals surface area (Å²) in [7, 11) is 0. The lowest BCUT2D eigenvalue weighted by molar-refractivity contribution is -0.143.